The van der Waals surface area contributed by atoms with E-state index < -0.39 is 21.9 Å². The van der Waals surface area contributed by atoms with Crippen molar-refractivity contribution in [2.75, 3.05) is 13.2 Å². The van der Waals surface area contributed by atoms with E-state index in [0.717, 1.165) is 11.1 Å². The van der Waals surface area contributed by atoms with Crippen LogP contribution in [0, 0.1) is 6.92 Å². The number of rotatable bonds is 8. The summed E-state index contributed by atoms with van der Waals surface area (Å²) in [6.45, 7) is 3.82. The first-order valence-corrected chi connectivity index (χ1v) is 9.89. The maximum atomic E-state index is 12.2. The molecule has 2 N–H and O–H groups in total. The second kappa shape index (κ2) is 9.29. The normalized spacial score (nSPS) is 11.0. The Morgan fingerprint density at radius 1 is 1.00 bits per heavy atom. The van der Waals surface area contributed by atoms with Crippen molar-refractivity contribution in [3.05, 3.63) is 65.2 Å². The number of sulfonamides is 1. The van der Waals surface area contributed by atoms with Gasteiger partial charge in [0.15, 0.2) is 0 Å². The molecule has 0 bridgehead atoms. The van der Waals surface area contributed by atoms with Crippen molar-refractivity contribution < 1.29 is 22.7 Å². The molecule has 0 spiro atoms. The summed E-state index contributed by atoms with van der Waals surface area (Å²) in [4.78, 5) is 23.4. The Balaban J connectivity index is 1.88. The Hall–Kier alpha value is -2.71. The van der Waals surface area contributed by atoms with Crippen molar-refractivity contribution >= 4 is 21.9 Å². The van der Waals surface area contributed by atoms with Gasteiger partial charge < -0.3 is 10.1 Å². The number of aryl methyl sites for hydroxylation is 1. The van der Waals surface area contributed by atoms with E-state index in [1.807, 2.05) is 31.2 Å². The second-order valence-electron chi connectivity index (χ2n) is 5.83. The van der Waals surface area contributed by atoms with Crippen LogP contribution < -0.4 is 10.0 Å². The molecule has 27 heavy (non-hydrogen) atoms. The topological polar surface area (TPSA) is 102 Å². The van der Waals surface area contributed by atoms with Crippen molar-refractivity contribution in [3.63, 3.8) is 0 Å². The van der Waals surface area contributed by atoms with Gasteiger partial charge in [-0.25, -0.2) is 17.9 Å². The van der Waals surface area contributed by atoms with Crippen molar-refractivity contribution in [1.82, 2.24) is 10.0 Å². The summed E-state index contributed by atoms with van der Waals surface area (Å²) in [7, 11) is -3.86. The highest BCUT2D eigenvalue weighted by Gasteiger charge is 2.16. The molecule has 2 aromatic rings. The summed E-state index contributed by atoms with van der Waals surface area (Å²) in [5, 5.41) is 2.65. The Labute approximate surface area is 158 Å². The predicted molar refractivity (Wildman–Crippen MR) is 101 cm³/mol. The van der Waals surface area contributed by atoms with Crippen LogP contribution in [0.4, 0.5) is 0 Å². The van der Waals surface area contributed by atoms with Gasteiger partial charge in [0.05, 0.1) is 23.6 Å². The highest BCUT2D eigenvalue weighted by molar-refractivity contribution is 7.89. The van der Waals surface area contributed by atoms with E-state index in [9.17, 15) is 18.0 Å². The molecule has 1 amide bonds. The molecule has 0 saturated carbocycles. The summed E-state index contributed by atoms with van der Waals surface area (Å²) in [6, 6.07) is 13.0. The van der Waals surface area contributed by atoms with Gasteiger partial charge in [-0.3, -0.25) is 4.79 Å². The number of hydrogen-bond acceptors (Lipinski definition) is 5. The SMILES string of the molecule is CCOC(=O)c1ccc(S(=O)(=O)NCC(=O)NCc2ccc(C)cc2)cc1. The van der Waals surface area contributed by atoms with Crippen molar-refractivity contribution in [2.24, 2.45) is 0 Å². The fourth-order valence-electron chi connectivity index (χ4n) is 2.20. The summed E-state index contributed by atoms with van der Waals surface area (Å²) in [6.07, 6.45) is 0. The van der Waals surface area contributed by atoms with Crippen LogP contribution in [0.15, 0.2) is 53.4 Å². The minimum atomic E-state index is -3.86. The molecule has 2 rings (SSSR count). The van der Waals surface area contributed by atoms with Gasteiger partial charge in [-0.05, 0) is 43.7 Å². The van der Waals surface area contributed by atoms with Gasteiger partial charge in [0.25, 0.3) is 0 Å². The molecule has 0 unspecified atom stereocenters. The third-order valence-corrected chi connectivity index (χ3v) is 5.13. The minimum absolute atomic E-state index is 0.0399. The number of benzene rings is 2. The number of hydrogen-bond donors (Lipinski definition) is 2. The molecule has 0 atom stereocenters. The van der Waals surface area contributed by atoms with E-state index in [4.69, 9.17) is 4.74 Å². The number of carbonyl (C=O) groups is 2. The second-order valence-corrected chi connectivity index (χ2v) is 7.60. The maximum absolute atomic E-state index is 12.2. The molecule has 0 radical (unpaired) electrons. The molecule has 0 fully saturated rings. The summed E-state index contributed by atoms with van der Waals surface area (Å²) in [5.41, 5.74) is 2.30. The van der Waals surface area contributed by atoms with E-state index in [1.54, 1.807) is 6.92 Å². The molecular formula is C19H22N2O5S. The zero-order chi connectivity index (χ0) is 19.9. The number of esters is 1. The quantitative estimate of drug-likeness (QED) is 0.669. The van der Waals surface area contributed by atoms with Gasteiger partial charge in [-0.15, -0.1) is 0 Å². The maximum Gasteiger partial charge on any atom is 0.338 e. The summed E-state index contributed by atoms with van der Waals surface area (Å²) < 4.78 is 31.6. The number of amides is 1. The van der Waals surface area contributed by atoms with Crippen LogP contribution in [-0.4, -0.2) is 33.4 Å². The third-order valence-electron chi connectivity index (χ3n) is 3.71. The molecule has 0 aliphatic rings. The van der Waals surface area contributed by atoms with Crippen molar-refractivity contribution in [1.29, 1.82) is 0 Å². The van der Waals surface area contributed by atoms with Crippen LogP contribution >= 0.6 is 0 Å². The minimum Gasteiger partial charge on any atom is -0.462 e. The van der Waals surface area contributed by atoms with Crippen LogP contribution in [0.2, 0.25) is 0 Å². The van der Waals surface area contributed by atoms with E-state index in [0.29, 0.717) is 6.54 Å². The lowest BCUT2D eigenvalue weighted by Gasteiger charge is -2.09. The first-order valence-electron chi connectivity index (χ1n) is 8.41. The fraction of sp³-hybridized carbons (Fsp3) is 0.263. The summed E-state index contributed by atoms with van der Waals surface area (Å²) >= 11 is 0. The summed E-state index contributed by atoms with van der Waals surface area (Å²) in [5.74, 6) is -0.966. The van der Waals surface area contributed by atoms with Crippen LogP contribution in [-0.2, 0) is 26.1 Å². The van der Waals surface area contributed by atoms with Crippen molar-refractivity contribution in [2.45, 2.75) is 25.3 Å². The molecule has 0 aliphatic heterocycles. The third kappa shape index (κ3) is 6.19. The molecule has 144 valence electrons. The number of ether oxygens (including phenoxy) is 1. The lowest BCUT2D eigenvalue weighted by Crippen LogP contribution is -2.36. The van der Waals surface area contributed by atoms with Crippen LogP contribution in [0.3, 0.4) is 0 Å². The van der Waals surface area contributed by atoms with Crippen LogP contribution in [0.1, 0.15) is 28.4 Å². The zero-order valence-corrected chi connectivity index (χ0v) is 16.0. The molecule has 7 nitrogen and oxygen atoms in total. The molecule has 2 aromatic carbocycles. The Morgan fingerprint density at radius 2 is 1.63 bits per heavy atom. The highest BCUT2D eigenvalue weighted by atomic mass is 32.2. The zero-order valence-electron chi connectivity index (χ0n) is 15.2. The Bertz CT molecular complexity index is 891. The fourth-order valence-corrected chi connectivity index (χ4v) is 3.18. The lowest BCUT2D eigenvalue weighted by molar-refractivity contribution is -0.120. The lowest BCUT2D eigenvalue weighted by atomic mass is 10.1. The standard InChI is InChI=1S/C19H22N2O5S/c1-3-26-19(23)16-8-10-17(11-9-16)27(24,25)21-13-18(22)20-12-15-6-4-14(2)5-7-15/h4-11,21H,3,12-13H2,1-2H3,(H,20,22). The predicted octanol–water partition coefficient (Wildman–Crippen LogP) is 1.77. The smallest absolute Gasteiger partial charge is 0.338 e. The van der Waals surface area contributed by atoms with Gasteiger partial charge in [0.1, 0.15) is 0 Å². The number of carbonyl (C=O) groups excluding carboxylic acids is 2. The molecule has 0 saturated heterocycles. The first kappa shape index (κ1) is 20.6. The van der Waals surface area contributed by atoms with Gasteiger partial charge in [-0.1, -0.05) is 29.8 Å². The highest BCUT2D eigenvalue weighted by Crippen LogP contribution is 2.11. The van der Waals surface area contributed by atoms with Crippen LogP contribution in [0.25, 0.3) is 0 Å². The monoisotopic (exact) mass is 390 g/mol. The van der Waals surface area contributed by atoms with Gasteiger partial charge in [0.2, 0.25) is 15.9 Å². The average Bonchev–Trinajstić information content (AvgIpc) is 2.66. The van der Waals surface area contributed by atoms with Gasteiger partial charge in [-0.2, -0.15) is 0 Å². The van der Waals surface area contributed by atoms with Crippen LogP contribution in [0.5, 0.6) is 0 Å². The van der Waals surface area contributed by atoms with E-state index in [-0.39, 0.29) is 23.6 Å². The molecule has 0 heterocycles. The number of nitrogens with one attached hydrogen (secondary N) is 2. The average molecular weight is 390 g/mol. The largest absolute Gasteiger partial charge is 0.462 e. The molecule has 0 aromatic heterocycles. The Morgan fingerprint density at radius 3 is 2.22 bits per heavy atom. The van der Waals surface area contributed by atoms with E-state index in [2.05, 4.69) is 10.0 Å². The van der Waals surface area contributed by atoms with E-state index >= 15 is 0 Å². The molecular weight excluding hydrogens is 368 g/mol. The molecule has 8 heteroatoms. The molecule has 0 aliphatic carbocycles. The van der Waals surface area contributed by atoms with Gasteiger partial charge in [0, 0.05) is 6.54 Å². The van der Waals surface area contributed by atoms with Gasteiger partial charge >= 0.3 is 5.97 Å². The van der Waals surface area contributed by atoms with E-state index in [1.165, 1.54) is 24.3 Å². The Kier molecular flexibility index (Phi) is 7.09. The van der Waals surface area contributed by atoms with Crippen molar-refractivity contribution in [3.8, 4) is 0 Å². The first-order chi connectivity index (χ1) is 12.8.